The number of hydrogen-bond donors (Lipinski definition) is 2. The number of aromatic nitrogens is 2. The summed E-state index contributed by atoms with van der Waals surface area (Å²) in [5.41, 5.74) is 2.66. The summed E-state index contributed by atoms with van der Waals surface area (Å²) in [7, 11) is 2.06. The van der Waals surface area contributed by atoms with Crippen molar-refractivity contribution < 1.29 is 9.59 Å². The van der Waals surface area contributed by atoms with Crippen molar-refractivity contribution in [2.75, 3.05) is 18.9 Å². The van der Waals surface area contributed by atoms with Gasteiger partial charge in [-0.3, -0.25) is 14.6 Å². The lowest BCUT2D eigenvalue weighted by Gasteiger charge is -2.20. The molecule has 2 N–H and O–H groups in total. The van der Waals surface area contributed by atoms with Gasteiger partial charge in [-0.1, -0.05) is 29.8 Å². The average molecular weight is 478 g/mol. The van der Waals surface area contributed by atoms with Gasteiger partial charge in [0.15, 0.2) is 5.01 Å². The second-order valence-electron chi connectivity index (χ2n) is 7.03. The Morgan fingerprint density at radius 2 is 2.03 bits per heavy atom. The van der Waals surface area contributed by atoms with Crippen molar-refractivity contribution in [3.63, 3.8) is 0 Å². The summed E-state index contributed by atoms with van der Waals surface area (Å²) < 4.78 is 0. The topological polar surface area (TPSA) is 87.2 Å². The van der Waals surface area contributed by atoms with Gasteiger partial charge in [-0.05, 0) is 30.8 Å². The Morgan fingerprint density at radius 3 is 2.84 bits per heavy atom. The van der Waals surface area contributed by atoms with E-state index in [0.717, 1.165) is 35.6 Å². The van der Waals surface area contributed by atoms with Gasteiger partial charge in [-0.2, -0.15) is 0 Å². The number of halogens is 2. The number of benzene rings is 1. The van der Waals surface area contributed by atoms with Gasteiger partial charge in [0.2, 0.25) is 0 Å². The van der Waals surface area contributed by atoms with Crippen LogP contribution < -0.4 is 10.6 Å². The fraction of sp³-hybridized carbons (Fsp3) is 0.238. The van der Waals surface area contributed by atoms with E-state index in [-0.39, 0.29) is 36.5 Å². The van der Waals surface area contributed by atoms with E-state index >= 15 is 0 Å². The Kier molecular flexibility index (Phi) is 7.61. The summed E-state index contributed by atoms with van der Waals surface area (Å²) in [5.74, 6) is -0.581. The summed E-state index contributed by atoms with van der Waals surface area (Å²) in [6.45, 7) is 2.00. The highest BCUT2D eigenvalue weighted by atomic mass is 35.5. The molecule has 4 rings (SSSR count). The van der Waals surface area contributed by atoms with Gasteiger partial charge in [-0.25, -0.2) is 4.98 Å². The summed E-state index contributed by atoms with van der Waals surface area (Å²) in [4.78, 5) is 37.0. The minimum atomic E-state index is -0.338. The molecule has 0 aliphatic carbocycles. The molecule has 7 nitrogen and oxygen atoms in total. The van der Waals surface area contributed by atoms with E-state index in [0.29, 0.717) is 15.7 Å². The number of hydrogen-bond acceptors (Lipinski definition) is 6. The van der Waals surface area contributed by atoms with Crippen molar-refractivity contribution in [3.8, 4) is 0 Å². The molecule has 2 aromatic heterocycles. The molecule has 162 valence electrons. The van der Waals surface area contributed by atoms with Gasteiger partial charge >= 0.3 is 0 Å². The highest BCUT2D eigenvalue weighted by molar-refractivity contribution is 7.13. The van der Waals surface area contributed by atoms with Crippen LogP contribution in [0.15, 0.2) is 42.6 Å². The Balaban J connectivity index is 0.00000272. The number of rotatable bonds is 5. The van der Waals surface area contributed by atoms with E-state index in [1.54, 1.807) is 12.1 Å². The van der Waals surface area contributed by atoms with Crippen molar-refractivity contribution in [3.05, 3.63) is 74.5 Å². The lowest BCUT2D eigenvalue weighted by molar-refractivity contribution is 0.0945. The summed E-state index contributed by atoms with van der Waals surface area (Å²) in [6, 6.07) is 10.5. The fourth-order valence-corrected chi connectivity index (χ4v) is 4.43. The maximum atomic E-state index is 12.8. The van der Waals surface area contributed by atoms with Crippen LogP contribution in [0.25, 0.3) is 0 Å². The molecule has 0 bridgehead atoms. The molecule has 3 heterocycles. The SMILES string of the molecule is CN1CCc2nc(C(=O)Nc3ccccc3CNC(=O)c3cc(Cl)ccn3)sc2C1.Cl. The number of anilines is 1. The number of likely N-dealkylation sites (N-methyl/N-ethyl adjacent to an activating group) is 1. The molecule has 0 spiro atoms. The van der Waals surface area contributed by atoms with Gasteiger partial charge in [0.25, 0.3) is 11.8 Å². The van der Waals surface area contributed by atoms with Crippen molar-refractivity contribution >= 4 is 52.8 Å². The highest BCUT2D eigenvalue weighted by Gasteiger charge is 2.22. The Morgan fingerprint density at radius 1 is 1.23 bits per heavy atom. The first-order chi connectivity index (χ1) is 14.5. The van der Waals surface area contributed by atoms with Crippen molar-refractivity contribution in [1.82, 2.24) is 20.2 Å². The van der Waals surface area contributed by atoms with E-state index in [2.05, 4.69) is 32.5 Å². The van der Waals surface area contributed by atoms with Crippen molar-refractivity contribution in [2.45, 2.75) is 19.5 Å². The summed E-state index contributed by atoms with van der Waals surface area (Å²) in [6.07, 6.45) is 2.34. The van der Waals surface area contributed by atoms with Crippen molar-refractivity contribution in [2.24, 2.45) is 0 Å². The van der Waals surface area contributed by atoms with Crippen LogP contribution in [0.5, 0.6) is 0 Å². The van der Waals surface area contributed by atoms with Gasteiger partial charge in [-0.15, -0.1) is 23.7 Å². The predicted molar refractivity (Wildman–Crippen MR) is 124 cm³/mol. The standard InChI is InChI=1S/C21H20ClN5O2S.ClH/c1-27-9-7-16-18(12-27)30-21(26-16)20(29)25-15-5-3-2-4-13(15)11-24-19(28)17-10-14(22)6-8-23-17;/h2-6,8,10H,7,9,11-12H2,1H3,(H,24,28)(H,25,29);1H. The lowest BCUT2D eigenvalue weighted by atomic mass is 10.1. The van der Waals surface area contributed by atoms with Crippen LogP contribution in [-0.2, 0) is 19.5 Å². The van der Waals surface area contributed by atoms with E-state index in [1.165, 1.54) is 23.6 Å². The maximum absolute atomic E-state index is 12.8. The average Bonchev–Trinajstić information content (AvgIpc) is 3.16. The molecule has 1 aliphatic heterocycles. The Bertz CT molecular complexity index is 1100. The van der Waals surface area contributed by atoms with Gasteiger partial charge < -0.3 is 15.5 Å². The lowest BCUT2D eigenvalue weighted by Crippen LogP contribution is -2.25. The summed E-state index contributed by atoms with van der Waals surface area (Å²) >= 11 is 7.35. The third-order valence-corrected chi connectivity index (χ3v) is 6.09. The molecular formula is C21H21Cl2N5O2S. The zero-order chi connectivity index (χ0) is 21.1. The van der Waals surface area contributed by atoms with Gasteiger partial charge in [0, 0.05) is 47.8 Å². The van der Waals surface area contributed by atoms with Crippen LogP contribution in [0.1, 0.15) is 36.4 Å². The zero-order valence-corrected chi connectivity index (χ0v) is 19.1. The molecule has 0 fully saturated rings. The van der Waals surface area contributed by atoms with Gasteiger partial charge in [0.1, 0.15) is 5.69 Å². The molecule has 1 aromatic carbocycles. The normalized spacial score (nSPS) is 13.1. The van der Waals surface area contributed by atoms with Gasteiger partial charge in [0.05, 0.1) is 5.69 Å². The molecule has 0 radical (unpaired) electrons. The zero-order valence-electron chi connectivity index (χ0n) is 16.7. The molecule has 10 heteroatoms. The number of nitrogens with one attached hydrogen (secondary N) is 2. The van der Waals surface area contributed by atoms with E-state index in [1.807, 2.05) is 18.2 Å². The first kappa shape index (κ1) is 23.1. The number of carbonyl (C=O) groups is 2. The maximum Gasteiger partial charge on any atom is 0.284 e. The molecule has 31 heavy (non-hydrogen) atoms. The molecule has 1 aliphatic rings. The fourth-order valence-electron chi connectivity index (χ4n) is 3.19. The number of carbonyl (C=O) groups excluding carboxylic acids is 2. The number of thiazole rings is 1. The molecule has 3 aromatic rings. The monoisotopic (exact) mass is 477 g/mol. The van der Waals surface area contributed by atoms with Crippen LogP contribution in [0.3, 0.4) is 0 Å². The molecule has 2 amide bonds. The second-order valence-corrected chi connectivity index (χ2v) is 8.55. The summed E-state index contributed by atoms with van der Waals surface area (Å²) in [5, 5.41) is 6.64. The minimum absolute atomic E-state index is 0. The van der Waals surface area contributed by atoms with Crippen LogP contribution >= 0.6 is 35.3 Å². The Labute approximate surface area is 195 Å². The Hall–Kier alpha value is -2.52. The molecule has 0 saturated carbocycles. The smallest absolute Gasteiger partial charge is 0.284 e. The van der Waals surface area contributed by atoms with E-state index in [4.69, 9.17) is 11.6 Å². The first-order valence-corrected chi connectivity index (χ1v) is 10.6. The second kappa shape index (κ2) is 10.2. The third kappa shape index (κ3) is 5.59. The molecule has 0 unspecified atom stereocenters. The molecular weight excluding hydrogens is 457 g/mol. The van der Waals surface area contributed by atoms with E-state index in [9.17, 15) is 9.59 Å². The van der Waals surface area contributed by atoms with E-state index < -0.39 is 0 Å². The van der Waals surface area contributed by atoms with Crippen LogP contribution in [0.2, 0.25) is 5.02 Å². The van der Waals surface area contributed by atoms with Crippen LogP contribution in [0, 0.1) is 0 Å². The largest absolute Gasteiger partial charge is 0.347 e. The minimum Gasteiger partial charge on any atom is -0.347 e. The van der Waals surface area contributed by atoms with Crippen molar-refractivity contribution in [1.29, 1.82) is 0 Å². The third-order valence-electron chi connectivity index (χ3n) is 4.78. The first-order valence-electron chi connectivity index (χ1n) is 9.46. The number of nitrogens with zero attached hydrogens (tertiary/aromatic N) is 3. The number of para-hydroxylation sites is 1. The number of pyridine rings is 1. The van der Waals surface area contributed by atoms with Crippen LogP contribution in [-0.4, -0.2) is 40.3 Å². The molecule has 0 atom stereocenters. The molecule has 0 saturated heterocycles. The predicted octanol–water partition coefficient (Wildman–Crippen LogP) is 3.78. The number of fused-ring (bicyclic) bond motifs is 1. The quantitative estimate of drug-likeness (QED) is 0.583. The highest BCUT2D eigenvalue weighted by Crippen LogP contribution is 2.25. The number of amides is 2. The van der Waals surface area contributed by atoms with Crippen LogP contribution in [0.4, 0.5) is 5.69 Å².